The number of hydrogen-bond acceptors (Lipinski definition) is 6. The van der Waals surface area contributed by atoms with Gasteiger partial charge < -0.3 is 20.8 Å². The average Bonchev–Trinajstić information content (AvgIpc) is 2.10. The fourth-order valence-electron chi connectivity index (χ4n) is 0.882. The van der Waals surface area contributed by atoms with Gasteiger partial charge in [0.2, 0.25) is 0 Å². The summed E-state index contributed by atoms with van der Waals surface area (Å²) < 4.78 is 0. The monoisotopic (exact) mass is 459 g/mol. The Hall–Kier alpha value is -1.05. The number of carbonyl (C=O) groups excluding carboxylic acids is 3. The van der Waals surface area contributed by atoms with Crippen molar-refractivity contribution in [2.24, 2.45) is 0 Å². The maximum atomic E-state index is 10.0. The molecule has 0 aliphatic rings. The molecule has 0 aromatic heterocycles. The average molecular weight is 459 g/mol. The molecule has 0 aromatic rings. The summed E-state index contributed by atoms with van der Waals surface area (Å²) in [6, 6.07) is 0. The first-order valence-electron chi connectivity index (χ1n) is 6.02. The molecule has 0 amide bonds. The quantitative estimate of drug-likeness (QED) is 0.437. The molecule has 0 rings (SSSR count). The molecule has 0 saturated carbocycles. The summed E-state index contributed by atoms with van der Waals surface area (Å²) in [4.78, 5) is 30.1. The Kier molecular flexibility index (Phi) is 30.6. The van der Waals surface area contributed by atoms with Crippen LogP contribution in [0.4, 0.5) is 0 Å². The van der Waals surface area contributed by atoms with Gasteiger partial charge in [-0.25, -0.2) is 0 Å². The van der Waals surface area contributed by atoms with Crippen LogP contribution in [0.2, 0.25) is 0 Å². The van der Waals surface area contributed by atoms with Gasteiger partial charge in [-0.15, -0.1) is 0 Å². The van der Waals surface area contributed by atoms with E-state index in [0.29, 0.717) is 0 Å². The van der Waals surface area contributed by atoms with E-state index in [1.807, 2.05) is 0 Å². The van der Waals surface area contributed by atoms with Gasteiger partial charge in [0.15, 0.2) is 17.3 Å². The van der Waals surface area contributed by atoms with Crippen molar-refractivity contribution in [3.8, 4) is 0 Å². The number of aliphatic hydroxyl groups excluding tert-OH is 3. The van der Waals surface area contributed by atoms with E-state index in [2.05, 4.69) is 0 Å². The van der Waals surface area contributed by atoms with E-state index in [9.17, 15) is 14.4 Å². The Morgan fingerprint density at radius 1 is 0.565 bits per heavy atom. The Morgan fingerprint density at radius 3 is 0.696 bits per heavy atom. The summed E-state index contributed by atoms with van der Waals surface area (Å²) in [6.45, 7) is 8.54. The second-order valence-electron chi connectivity index (χ2n) is 4.19. The minimum atomic E-state index is -0.125. The molecule has 0 saturated heterocycles. The second-order valence-corrected chi connectivity index (χ2v) is 4.19. The van der Waals surface area contributed by atoms with Crippen LogP contribution in [0.15, 0.2) is 35.5 Å². The molecule has 0 aliphatic heterocycles. The molecule has 0 aliphatic carbocycles. The summed E-state index contributed by atoms with van der Waals surface area (Å²) in [7, 11) is 0. The second kappa shape index (κ2) is 21.0. The summed E-state index contributed by atoms with van der Waals surface area (Å²) in [5, 5.41) is 25.1. The zero-order chi connectivity index (χ0) is 17.6. The first kappa shape index (κ1) is 33.5. The Bertz CT molecular complexity index is 370. The smallest absolute Gasteiger partial charge is 0.155 e. The molecule has 0 aromatic carbocycles. The van der Waals surface area contributed by atoms with Crippen LogP contribution in [0.3, 0.4) is 0 Å². The number of rotatable bonds is 3. The van der Waals surface area contributed by atoms with Gasteiger partial charge in [0.25, 0.3) is 0 Å². The van der Waals surface area contributed by atoms with Gasteiger partial charge in [-0.2, -0.15) is 0 Å². The van der Waals surface area contributed by atoms with Crippen LogP contribution in [0, 0.1) is 41.3 Å². The van der Waals surface area contributed by atoms with Crippen LogP contribution in [0.1, 0.15) is 41.5 Å². The Morgan fingerprint density at radius 2 is 0.696 bits per heavy atom. The van der Waals surface area contributed by atoms with Crippen molar-refractivity contribution in [1.29, 1.82) is 0 Å². The van der Waals surface area contributed by atoms with Crippen molar-refractivity contribution < 1.29 is 76.5 Å². The minimum absolute atomic E-state index is 0. The van der Waals surface area contributed by atoms with E-state index < -0.39 is 0 Å². The number of carbonyl (C=O) groups is 3. The minimum Gasteiger partial charge on any atom is -0.512 e. The van der Waals surface area contributed by atoms with Crippen LogP contribution in [0.5, 0.6) is 0 Å². The van der Waals surface area contributed by atoms with E-state index in [1.54, 1.807) is 0 Å². The Balaban J connectivity index is -0.0000000675. The normalized spacial score (nSPS) is 10.4. The fourth-order valence-corrected chi connectivity index (χ4v) is 0.882. The van der Waals surface area contributed by atoms with E-state index in [4.69, 9.17) is 15.3 Å². The predicted molar refractivity (Wildman–Crippen MR) is 84.8 cm³/mol. The molecular weight excluding hydrogens is 433 g/mol. The van der Waals surface area contributed by atoms with Crippen molar-refractivity contribution in [1.82, 2.24) is 0 Å². The third-order valence-corrected chi connectivity index (χ3v) is 1.24. The topological polar surface area (TPSA) is 143 Å². The molecule has 0 unspecified atom stereocenters. The molecule has 1 radical (unpaired) electrons. The molecule has 0 atom stereocenters. The van der Waals surface area contributed by atoms with Crippen LogP contribution in [0.25, 0.3) is 0 Å². The summed E-state index contributed by atoms with van der Waals surface area (Å²) in [5.41, 5.74) is 0. The predicted octanol–water partition coefficient (Wildman–Crippen LogP) is 2.29. The molecule has 7 nitrogen and oxygen atoms in total. The zero-order valence-corrected chi connectivity index (χ0v) is 18.1. The molecule has 8 heteroatoms. The van der Waals surface area contributed by atoms with E-state index >= 15 is 0 Å². The molecular formula is C15H26O7Pr. The SMILES string of the molecule is CC(=O)/C=C(/C)O.CC(=O)/C=C(/C)O.CC(=O)/C=C(/C)O.O.[Pr]. The van der Waals surface area contributed by atoms with Crippen molar-refractivity contribution in [2.75, 3.05) is 0 Å². The van der Waals surface area contributed by atoms with Crippen molar-refractivity contribution in [3.05, 3.63) is 35.5 Å². The van der Waals surface area contributed by atoms with Crippen LogP contribution in [-0.2, 0) is 14.4 Å². The number of allylic oxidation sites excluding steroid dienone is 6. The fraction of sp³-hybridized carbons (Fsp3) is 0.400. The molecule has 23 heavy (non-hydrogen) atoms. The number of ketones is 3. The van der Waals surface area contributed by atoms with Crippen LogP contribution >= 0.6 is 0 Å². The van der Waals surface area contributed by atoms with Crippen LogP contribution < -0.4 is 0 Å². The van der Waals surface area contributed by atoms with E-state index in [0.717, 1.165) is 0 Å². The van der Waals surface area contributed by atoms with Gasteiger partial charge in [0, 0.05) is 59.5 Å². The van der Waals surface area contributed by atoms with Crippen molar-refractivity contribution in [2.45, 2.75) is 41.5 Å². The third kappa shape index (κ3) is 62.7. The maximum Gasteiger partial charge on any atom is 0.155 e. The molecule has 0 bridgehead atoms. The largest absolute Gasteiger partial charge is 0.512 e. The van der Waals surface area contributed by atoms with Gasteiger partial charge in [0.1, 0.15) is 0 Å². The first-order valence-corrected chi connectivity index (χ1v) is 6.02. The third-order valence-electron chi connectivity index (χ3n) is 1.24. The number of aliphatic hydroxyl groups is 3. The number of hydrogen-bond donors (Lipinski definition) is 3. The van der Waals surface area contributed by atoms with Gasteiger partial charge in [-0.3, -0.25) is 14.4 Å². The van der Waals surface area contributed by atoms with Gasteiger partial charge >= 0.3 is 0 Å². The Labute approximate surface area is 170 Å². The van der Waals surface area contributed by atoms with Crippen LogP contribution in [-0.4, -0.2) is 38.1 Å². The summed E-state index contributed by atoms with van der Waals surface area (Å²) in [5.74, 6) is -0.187. The van der Waals surface area contributed by atoms with E-state index in [1.165, 1.54) is 59.8 Å². The summed E-state index contributed by atoms with van der Waals surface area (Å²) in [6.07, 6.45) is 3.50. The van der Waals surface area contributed by atoms with Gasteiger partial charge in [-0.1, -0.05) is 0 Å². The van der Waals surface area contributed by atoms with Crippen molar-refractivity contribution in [3.63, 3.8) is 0 Å². The molecule has 5 N–H and O–H groups in total. The maximum absolute atomic E-state index is 10.0. The van der Waals surface area contributed by atoms with Gasteiger partial charge in [-0.05, 0) is 41.5 Å². The molecule has 0 spiro atoms. The standard InChI is InChI=1S/3C5H8O2.H2O.Pr/c3*1-4(6)3-5(2)7;;/h3*3,6H,1-2H3;1H2;/b3*4-3-;;. The zero-order valence-electron chi connectivity index (χ0n) is 14.4. The van der Waals surface area contributed by atoms with E-state index in [-0.39, 0.29) is 81.4 Å². The molecule has 0 fully saturated rings. The molecule has 131 valence electrons. The first-order chi connectivity index (χ1) is 9.38. The molecule has 0 heterocycles. The van der Waals surface area contributed by atoms with Crippen molar-refractivity contribution >= 4 is 17.3 Å². The van der Waals surface area contributed by atoms with Gasteiger partial charge in [0.05, 0.1) is 17.3 Å². The summed E-state index contributed by atoms with van der Waals surface area (Å²) >= 11 is 0.